The second-order valence-electron chi connectivity index (χ2n) is 11.5. The Hall–Kier alpha value is -5.78. The van der Waals surface area contributed by atoms with Gasteiger partial charge in [-0.1, -0.05) is 23.4 Å². The fourth-order valence-electron chi connectivity index (χ4n) is 4.52. The fraction of sp³-hybridized carbons (Fsp3) is 0.206. The van der Waals surface area contributed by atoms with Gasteiger partial charge in [0, 0.05) is 28.8 Å². The Morgan fingerprint density at radius 3 is 2.39 bits per heavy atom. The van der Waals surface area contributed by atoms with E-state index in [1.54, 1.807) is 81.4 Å². The average Bonchev–Trinajstić information content (AvgIpc) is 3.66. The molecule has 236 valence electrons. The number of carbonyl (C=O) groups excluding carboxylic acids is 2. The predicted octanol–water partition coefficient (Wildman–Crippen LogP) is 6.88. The number of amides is 2. The summed E-state index contributed by atoms with van der Waals surface area (Å²) in [5, 5.41) is 18.8. The number of halogens is 1. The molecule has 0 spiro atoms. The molecule has 0 saturated carbocycles. The van der Waals surface area contributed by atoms with Crippen LogP contribution in [0.15, 0.2) is 87.8 Å². The molecule has 1 atom stereocenters. The van der Waals surface area contributed by atoms with Crippen molar-refractivity contribution in [3.05, 3.63) is 102 Å². The molecule has 2 aromatic heterocycles. The molecule has 5 aromatic rings. The number of furan rings is 1. The molecule has 0 saturated heterocycles. The second-order valence-corrected chi connectivity index (χ2v) is 11.5. The van der Waals surface area contributed by atoms with Crippen LogP contribution in [-0.4, -0.2) is 44.9 Å². The number of carbonyl (C=O) groups is 3. The van der Waals surface area contributed by atoms with Crippen molar-refractivity contribution in [3.8, 4) is 34.2 Å². The third-order valence-electron chi connectivity index (χ3n) is 6.67. The van der Waals surface area contributed by atoms with Crippen molar-refractivity contribution in [2.45, 2.75) is 45.8 Å². The number of carboxylic acid groups (broad SMARTS) is 1. The summed E-state index contributed by atoms with van der Waals surface area (Å²) >= 11 is 0. The molecule has 46 heavy (non-hydrogen) atoms. The lowest BCUT2D eigenvalue weighted by Crippen LogP contribution is -2.42. The second kappa shape index (κ2) is 13.1. The van der Waals surface area contributed by atoms with E-state index < -0.39 is 35.4 Å². The van der Waals surface area contributed by atoms with Gasteiger partial charge in [-0.3, -0.25) is 10.1 Å². The maximum absolute atomic E-state index is 15.2. The first-order valence-corrected chi connectivity index (χ1v) is 14.3. The highest BCUT2D eigenvalue weighted by atomic mass is 19.1. The molecule has 1 unspecified atom stereocenters. The molecule has 3 N–H and O–H groups in total. The Labute approximate surface area is 263 Å². The van der Waals surface area contributed by atoms with Gasteiger partial charge in [-0.05, 0) is 93.9 Å². The van der Waals surface area contributed by atoms with Crippen molar-refractivity contribution >= 4 is 23.7 Å². The summed E-state index contributed by atoms with van der Waals surface area (Å²) < 4.78 is 31.4. The Kier molecular flexibility index (Phi) is 8.99. The van der Waals surface area contributed by atoms with Crippen molar-refractivity contribution in [1.82, 2.24) is 15.5 Å². The van der Waals surface area contributed by atoms with E-state index in [2.05, 4.69) is 20.8 Å². The maximum atomic E-state index is 15.2. The van der Waals surface area contributed by atoms with Gasteiger partial charge in [0.25, 0.3) is 11.8 Å². The number of hydrogen-bond donors (Lipinski definition) is 3. The number of nitrogens with one attached hydrogen (secondary N) is 2. The number of ether oxygens (including phenoxy) is 1. The van der Waals surface area contributed by atoms with Gasteiger partial charge in [0.1, 0.15) is 29.0 Å². The van der Waals surface area contributed by atoms with Gasteiger partial charge in [-0.15, -0.1) is 0 Å². The minimum absolute atomic E-state index is 0.00951. The first kappa shape index (κ1) is 31.6. The number of carboxylic acids is 1. The predicted molar refractivity (Wildman–Crippen MR) is 166 cm³/mol. The van der Waals surface area contributed by atoms with Crippen molar-refractivity contribution in [1.29, 1.82) is 0 Å². The number of aliphatic carboxylic acids is 1. The number of aryl methyl sites for hydroxylation is 1. The van der Waals surface area contributed by atoms with Crippen LogP contribution in [0.1, 0.15) is 42.5 Å². The van der Waals surface area contributed by atoms with Crippen LogP contribution in [0.4, 0.5) is 14.9 Å². The highest BCUT2D eigenvalue weighted by Gasteiger charge is 2.23. The third-order valence-corrected chi connectivity index (χ3v) is 6.67. The lowest BCUT2D eigenvalue weighted by Gasteiger charge is -2.19. The highest BCUT2D eigenvalue weighted by molar-refractivity contribution is 5.97. The minimum atomic E-state index is -1.32. The van der Waals surface area contributed by atoms with E-state index in [0.717, 1.165) is 5.76 Å². The summed E-state index contributed by atoms with van der Waals surface area (Å²) in [6.07, 6.45) is -0.765. The zero-order valence-electron chi connectivity index (χ0n) is 25.5. The van der Waals surface area contributed by atoms with Gasteiger partial charge < -0.3 is 24.1 Å². The molecular weight excluding hydrogens is 595 g/mol. The standard InChI is InChI=1S/C34H31FN4O7/c1-19-8-15-28(44-19)22-6-5-7-23(18-22)30(40)37-27(32(41)42)17-20-9-14-25(26(35)16-20)29-38-31(46-39-29)21-10-12-24(13-11-21)36-33(43)45-34(2,3)4/h5-16,18,27H,17H2,1-4H3,(H,36,43)(H,37,40)(H,41,42). The smallest absolute Gasteiger partial charge is 0.412 e. The van der Waals surface area contributed by atoms with E-state index in [9.17, 15) is 19.5 Å². The van der Waals surface area contributed by atoms with E-state index in [-0.39, 0.29) is 29.3 Å². The van der Waals surface area contributed by atoms with Crippen molar-refractivity contribution < 1.29 is 37.6 Å². The number of hydrogen-bond acceptors (Lipinski definition) is 8. The zero-order chi connectivity index (χ0) is 33.0. The zero-order valence-corrected chi connectivity index (χ0v) is 25.5. The summed E-state index contributed by atoms with van der Waals surface area (Å²) in [7, 11) is 0. The number of benzene rings is 3. The lowest BCUT2D eigenvalue weighted by molar-refractivity contribution is -0.139. The summed E-state index contributed by atoms with van der Waals surface area (Å²) in [6.45, 7) is 7.09. The van der Waals surface area contributed by atoms with Gasteiger partial charge in [-0.2, -0.15) is 4.98 Å². The van der Waals surface area contributed by atoms with E-state index in [0.29, 0.717) is 28.1 Å². The van der Waals surface area contributed by atoms with Crippen LogP contribution in [0, 0.1) is 12.7 Å². The van der Waals surface area contributed by atoms with Crippen LogP contribution in [0.3, 0.4) is 0 Å². The topological polar surface area (TPSA) is 157 Å². The molecule has 3 aromatic carbocycles. The Morgan fingerprint density at radius 2 is 1.74 bits per heavy atom. The van der Waals surface area contributed by atoms with Crippen LogP contribution >= 0.6 is 0 Å². The fourth-order valence-corrected chi connectivity index (χ4v) is 4.52. The summed E-state index contributed by atoms with van der Waals surface area (Å²) in [5.41, 5.74) is 1.69. The quantitative estimate of drug-likeness (QED) is 0.159. The third kappa shape index (κ3) is 7.83. The number of rotatable bonds is 9. The molecule has 5 rings (SSSR count). The van der Waals surface area contributed by atoms with Gasteiger partial charge in [0.2, 0.25) is 5.82 Å². The van der Waals surface area contributed by atoms with E-state index in [4.69, 9.17) is 13.7 Å². The number of nitrogens with zero attached hydrogens (tertiary/aromatic N) is 2. The Balaban J connectivity index is 1.24. The van der Waals surface area contributed by atoms with Crippen LogP contribution in [0.25, 0.3) is 34.2 Å². The van der Waals surface area contributed by atoms with Crippen LogP contribution < -0.4 is 10.6 Å². The van der Waals surface area contributed by atoms with Crippen LogP contribution in [0.2, 0.25) is 0 Å². The molecule has 2 heterocycles. The minimum Gasteiger partial charge on any atom is -0.480 e. The molecule has 11 nitrogen and oxygen atoms in total. The highest BCUT2D eigenvalue weighted by Crippen LogP contribution is 2.27. The molecule has 0 aliphatic heterocycles. The van der Waals surface area contributed by atoms with Crippen LogP contribution in [-0.2, 0) is 16.0 Å². The molecule has 0 aliphatic carbocycles. The normalized spacial score (nSPS) is 11.9. The van der Waals surface area contributed by atoms with Gasteiger partial charge in [-0.25, -0.2) is 14.0 Å². The monoisotopic (exact) mass is 626 g/mol. The van der Waals surface area contributed by atoms with E-state index in [1.807, 2.05) is 6.92 Å². The molecule has 0 fully saturated rings. The molecule has 0 aliphatic rings. The summed E-state index contributed by atoms with van der Waals surface area (Å²) in [5.74, 6) is -1.15. The SMILES string of the molecule is Cc1ccc(-c2cccc(C(=O)NC(Cc3ccc(-c4noc(-c5ccc(NC(=O)OC(C)(C)C)cc5)n4)c(F)c3)C(=O)O)c2)o1. The van der Waals surface area contributed by atoms with Gasteiger partial charge in [0.05, 0.1) is 5.56 Å². The Bertz CT molecular complexity index is 1890. The average molecular weight is 627 g/mol. The molecule has 2 amide bonds. The van der Waals surface area contributed by atoms with Crippen molar-refractivity contribution in [2.24, 2.45) is 0 Å². The molecule has 0 bridgehead atoms. The molecular formula is C34H31FN4O7. The molecule has 12 heteroatoms. The lowest BCUT2D eigenvalue weighted by atomic mass is 10.0. The summed E-state index contributed by atoms with van der Waals surface area (Å²) in [6, 6.07) is 19.6. The van der Waals surface area contributed by atoms with Crippen LogP contribution in [0.5, 0.6) is 0 Å². The summed E-state index contributed by atoms with van der Waals surface area (Å²) in [4.78, 5) is 41.2. The van der Waals surface area contributed by atoms with Gasteiger partial charge >= 0.3 is 12.1 Å². The molecule has 0 radical (unpaired) electrons. The van der Waals surface area contributed by atoms with E-state index >= 15 is 4.39 Å². The van der Waals surface area contributed by atoms with Gasteiger partial charge in [0.15, 0.2) is 0 Å². The Morgan fingerprint density at radius 1 is 0.978 bits per heavy atom. The largest absolute Gasteiger partial charge is 0.480 e. The maximum Gasteiger partial charge on any atom is 0.412 e. The first-order chi connectivity index (χ1) is 21.8. The van der Waals surface area contributed by atoms with E-state index in [1.165, 1.54) is 18.2 Å². The first-order valence-electron chi connectivity index (χ1n) is 14.3. The number of anilines is 1. The van der Waals surface area contributed by atoms with Crippen molar-refractivity contribution in [3.63, 3.8) is 0 Å². The number of aromatic nitrogens is 2. The van der Waals surface area contributed by atoms with Crippen molar-refractivity contribution in [2.75, 3.05) is 5.32 Å².